The first-order valence-corrected chi connectivity index (χ1v) is 7.63. The topological polar surface area (TPSA) is 89.0 Å². The number of benzene rings is 1. The molecular weight excluding hydrogens is 318 g/mol. The summed E-state index contributed by atoms with van der Waals surface area (Å²) in [4.78, 5) is 24.5. The van der Waals surface area contributed by atoms with E-state index in [-0.39, 0.29) is 19.2 Å². The summed E-state index contributed by atoms with van der Waals surface area (Å²) in [5.74, 6) is 0.331. The van der Waals surface area contributed by atoms with Crippen molar-refractivity contribution in [1.29, 1.82) is 0 Å². The highest BCUT2D eigenvalue weighted by atomic mass is 32.1. The van der Waals surface area contributed by atoms with Gasteiger partial charge >= 0.3 is 0 Å². The van der Waals surface area contributed by atoms with E-state index in [1.54, 1.807) is 24.4 Å². The van der Waals surface area contributed by atoms with Crippen molar-refractivity contribution in [2.75, 3.05) is 13.3 Å². The summed E-state index contributed by atoms with van der Waals surface area (Å²) in [5, 5.41) is 8.24. The van der Waals surface area contributed by atoms with Gasteiger partial charge in [0.1, 0.15) is 0 Å². The molecule has 0 spiro atoms. The zero-order valence-corrected chi connectivity index (χ0v) is 12.8. The van der Waals surface area contributed by atoms with E-state index in [1.807, 2.05) is 17.5 Å². The number of rotatable bonds is 5. The van der Waals surface area contributed by atoms with Gasteiger partial charge in [-0.2, -0.15) is 5.10 Å². The predicted molar refractivity (Wildman–Crippen MR) is 85.0 cm³/mol. The van der Waals surface area contributed by atoms with Gasteiger partial charge < -0.3 is 14.8 Å². The lowest BCUT2D eigenvalue weighted by molar-refractivity contribution is -0.120. The molecule has 8 heteroatoms. The zero-order valence-electron chi connectivity index (χ0n) is 11.9. The van der Waals surface area contributed by atoms with E-state index in [1.165, 1.54) is 11.3 Å². The fraction of sp³-hybridized carbons (Fsp3) is 0.133. The Morgan fingerprint density at radius 2 is 2.13 bits per heavy atom. The Bertz CT molecular complexity index is 743. The lowest BCUT2D eigenvalue weighted by atomic mass is 10.2. The highest BCUT2D eigenvalue weighted by Gasteiger charge is 2.16. The zero-order chi connectivity index (χ0) is 16.1. The third kappa shape index (κ3) is 3.86. The molecule has 2 aromatic rings. The lowest BCUT2D eigenvalue weighted by Crippen LogP contribution is -2.34. The van der Waals surface area contributed by atoms with Crippen LogP contribution in [-0.2, 0) is 4.79 Å². The van der Waals surface area contributed by atoms with Crippen LogP contribution in [-0.4, -0.2) is 31.4 Å². The van der Waals surface area contributed by atoms with E-state index < -0.39 is 5.91 Å². The van der Waals surface area contributed by atoms with Crippen molar-refractivity contribution in [1.82, 2.24) is 10.7 Å². The van der Waals surface area contributed by atoms with Gasteiger partial charge in [0.15, 0.2) is 11.5 Å². The minimum Gasteiger partial charge on any atom is -0.454 e. The summed E-state index contributed by atoms with van der Waals surface area (Å²) in [7, 11) is 0. The SMILES string of the molecule is O=C(CNC(=O)c1ccc2c(c1)OCO2)NN=Cc1cccs1. The Morgan fingerprint density at radius 3 is 2.96 bits per heavy atom. The first kappa shape index (κ1) is 15.0. The third-order valence-corrected chi connectivity index (χ3v) is 3.78. The number of hydrogen-bond donors (Lipinski definition) is 2. The second-order valence-electron chi connectivity index (χ2n) is 4.56. The Hall–Kier alpha value is -2.87. The van der Waals surface area contributed by atoms with Gasteiger partial charge in [-0.05, 0) is 29.6 Å². The lowest BCUT2D eigenvalue weighted by Gasteiger charge is -2.05. The van der Waals surface area contributed by atoms with Crippen molar-refractivity contribution in [2.45, 2.75) is 0 Å². The fourth-order valence-corrected chi connectivity index (χ4v) is 2.46. The van der Waals surface area contributed by atoms with Gasteiger partial charge in [-0.1, -0.05) is 6.07 Å². The summed E-state index contributed by atoms with van der Waals surface area (Å²) < 4.78 is 10.4. The Labute approximate surface area is 135 Å². The number of hydrogen-bond acceptors (Lipinski definition) is 6. The maximum absolute atomic E-state index is 12.0. The molecule has 0 radical (unpaired) electrons. The number of thiophene rings is 1. The van der Waals surface area contributed by atoms with E-state index in [0.29, 0.717) is 17.1 Å². The number of amides is 2. The number of ether oxygens (including phenoxy) is 2. The fourth-order valence-electron chi connectivity index (χ4n) is 1.87. The molecule has 2 N–H and O–H groups in total. The van der Waals surface area contributed by atoms with Crippen molar-refractivity contribution in [2.24, 2.45) is 5.10 Å². The predicted octanol–water partition coefficient (Wildman–Crippen LogP) is 1.36. The van der Waals surface area contributed by atoms with E-state index in [2.05, 4.69) is 15.8 Å². The van der Waals surface area contributed by atoms with Gasteiger partial charge in [-0.25, -0.2) is 5.43 Å². The summed E-state index contributed by atoms with van der Waals surface area (Å²) in [6.07, 6.45) is 1.54. The molecule has 0 unspecified atom stereocenters. The number of hydrazone groups is 1. The molecule has 0 aliphatic carbocycles. The van der Waals surface area contributed by atoms with Gasteiger partial charge in [0, 0.05) is 10.4 Å². The number of nitrogens with zero attached hydrogens (tertiary/aromatic N) is 1. The monoisotopic (exact) mass is 331 g/mol. The van der Waals surface area contributed by atoms with Gasteiger partial charge in [0.25, 0.3) is 11.8 Å². The van der Waals surface area contributed by atoms with Crippen LogP contribution in [0.1, 0.15) is 15.2 Å². The normalized spacial score (nSPS) is 12.3. The molecule has 1 aromatic heterocycles. The van der Waals surface area contributed by atoms with Crippen LogP contribution in [0.25, 0.3) is 0 Å². The largest absolute Gasteiger partial charge is 0.454 e. The van der Waals surface area contributed by atoms with Crippen LogP contribution in [0.4, 0.5) is 0 Å². The molecular formula is C15H13N3O4S. The molecule has 0 fully saturated rings. The Kier molecular flexibility index (Phi) is 4.53. The summed E-state index contributed by atoms with van der Waals surface area (Å²) in [5.41, 5.74) is 2.74. The molecule has 7 nitrogen and oxygen atoms in total. The van der Waals surface area contributed by atoms with Crippen LogP contribution < -0.4 is 20.2 Å². The average Bonchev–Trinajstić information content (AvgIpc) is 3.23. The van der Waals surface area contributed by atoms with Gasteiger partial charge in [-0.15, -0.1) is 11.3 Å². The smallest absolute Gasteiger partial charge is 0.259 e. The molecule has 23 heavy (non-hydrogen) atoms. The molecule has 2 heterocycles. The first-order chi connectivity index (χ1) is 11.2. The third-order valence-electron chi connectivity index (χ3n) is 2.97. The molecule has 1 aliphatic rings. The number of fused-ring (bicyclic) bond motifs is 1. The molecule has 0 saturated heterocycles. The van der Waals surface area contributed by atoms with Crippen molar-refractivity contribution < 1.29 is 19.1 Å². The number of carbonyl (C=O) groups is 2. The first-order valence-electron chi connectivity index (χ1n) is 6.75. The Morgan fingerprint density at radius 1 is 1.26 bits per heavy atom. The van der Waals surface area contributed by atoms with Crippen molar-refractivity contribution in [3.63, 3.8) is 0 Å². The van der Waals surface area contributed by atoms with Crippen molar-refractivity contribution in [3.8, 4) is 11.5 Å². The molecule has 0 bridgehead atoms. The summed E-state index contributed by atoms with van der Waals surface area (Å²) in [6, 6.07) is 8.60. The standard InChI is InChI=1S/C15H13N3O4S/c19-14(18-17-7-11-2-1-5-23-11)8-16-15(20)10-3-4-12-13(6-10)22-9-21-12/h1-7H,8-9H2,(H,16,20)(H,18,19). The summed E-state index contributed by atoms with van der Waals surface area (Å²) in [6.45, 7) is -0.0277. The second-order valence-corrected chi connectivity index (χ2v) is 5.54. The minimum atomic E-state index is -0.410. The van der Waals surface area contributed by atoms with Gasteiger partial charge in [0.05, 0.1) is 12.8 Å². The highest BCUT2D eigenvalue weighted by molar-refractivity contribution is 7.11. The maximum Gasteiger partial charge on any atom is 0.259 e. The molecule has 3 rings (SSSR count). The maximum atomic E-state index is 12.0. The summed E-state index contributed by atoms with van der Waals surface area (Å²) >= 11 is 1.51. The van der Waals surface area contributed by atoms with Crippen LogP contribution in [0.3, 0.4) is 0 Å². The van der Waals surface area contributed by atoms with Crippen LogP contribution in [0.2, 0.25) is 0 Å². The molecule has 0 saturated carbocycles. The molecule has 0 atom stereocenters. The van der Waals surface area contributed by atoms with E-state index in [4.69, 9.17) is 9.47 Å². The van der Waals surface area contributed by atoms with Crippen LogP contribution in [0.15, 0.2) is 40.8 Å². The molecule has 2 amide bonds. The number of carbonyl (C=O) groups excluding carboxylic acids is 2. The molecule has 118 valence electrons. The molecule has 1 aromatic carbocycles. The van der Waals surface area contributed by atoms with E-state index in [0.717, 1.165) is 4.88 Å². The minimum absolute atomic E-state index is 0.144. The average molecular weight is 331 g/mol. The van der Waals surface area contributed by atoms with E-state index >= 15 is 0 Å². The highest BCUT2D eigenvalue weighted by Crippen LogP contribution is 2.32. The number of nitrogens with one attached hydrogen (secondary N) is 2. The van der Waals surface area contributed by atoms with Gasteiger partial charge in [0.2, 0.25) is 6.79 Å². The van der Waals surface area contributed by atoms with Gasteiger partial charge in [-0.3, -0.25) is 9.59 Å². The van der Waals surface area contributed by atoms with Crippen LogP contribution >= 0.6 is 11.3 Å². The quantitative estimate of drug-likeness (QED) is 0.639. The van der Waals surface area contributed by atoms with Crippen molar-refractivity contribution >= 4 is 29.4 Å². The van der Waals surface area contributed by atoms with Crippen LogP contribution in [0.5, 0.6) is 11.5 Å². The van der Waals surface area contributed by atoms with Crippen LogP contribution in [0, 0.1) is 0 Å². The second kappa shape index (κ2) is 6.93. The Balaban J connectivity index is 1.47. The van der Waals surface area contributed by atoms with Crippen molar-refractivity contribution in [3.05, 3.63) is 46.2 Å². The van der Waals surface area contributed by atoms with E-state index in [9.17, 15) is 9.59 Å². The molecule has 1 aliphatic heterocycles.